The normalized spacial score (nSPS) is 11.7. The van der Waals surface area contributed by atoms with Crippen LogP contribution in [0.2, 0.25) is 5.15 Å². The summed E-state index contributed by atoms with van der Waals surface area (Å²) in [6.07, 6.45) is -1.78. The largest absolute Gasteiger partial charge is 0.435 e. The van der Waals surface area contributed by atoms with Gasteiger partial charge >= 0.3 is 6.18 Å². The van der Waals surface area contributed by atoms with E-state index in [1.54, 1.807) is 12.1 Å². The number of nitrogens with zero attached hydrogens (tertiary/aromatic N) is 2. The summed E-state index contributed by atoms with van der Waals surface area (Å²) in [5, 5.41) is 0.953. The van der Waals surface area contributed by atoms with Gasteiger partial charge in [-0.05, 0) is 35.7 Å². The Kier molecular flexibility index (Phi) is 3.81. The zero-order valence-electron chi connectivity index (χ0n) is 11.2. The van der Waals surface area contributed by atoms with Crippen molar-refractivity contribution in [1.29, 1.82) is 0 Å². The topological polar surface area (TPSA) is 35.0 Å². The Morgan fingerprint density at radius 2 is 1.70 bits per heavy atom. The maximum Gasteiger partial charge on any atom is 0.416 e. The molecule has 3 nitrogen and oxygen atoms in total. The van der Waals surface area contributed by atoms with Crippen molar-refractivity contribution in [3.8, 4) is 11.6 Å². The summed E-state index contributed by atoms with van der Waals surface area (Å²) in [7, 11) is 0. The van der Waals surface area contributed by atoms with Crippen LogP contribution in [0.4, 0.5) is 17.6 Å². The van der Waals surface area contributed by atoms with E-state index < -0.39 is 23.3 Å². The van der Waals surface area contributed by atoms with Crippen LogP contribution in [-0.4, -0.2) is 9.97 Å². The molecule has 0 spiro atoms. The van der Waals surface area contributed by atoms with E-state index in [9.17, 15) is 17.6 Å². The Balaban J connectivity index is 2.10. The quantitative estimate of drug-likeness (QED) is 0.472. The number of alkyl halides is 3. The van der Waals surface area contributed by atoms with Crippen LogP contribution in [0.25, 0.3) is 10.8 Å². The maximum absolute atomic E-state index is 13.8. The van der Waals surface area contributed by atoms with Crippen LogP contribution < -0.4 is 4.74 Å². The number of benzene rings is 1. The number of fused-ring (bicyclic) bond motifs is 1. The molecule has 0 amide bonds. The van der Waals surface area contributed by atoms with E-state index in [0.29, 0.717) is 23.6 Å². The molecule has 0 aliphatic heterocycles. The second-order valence-electron chi connectivity index (χ2n) is 4.56. The number of aromatic nitrogens is 2. The van der Waals surface area contributed by atoms with Gasteiger partial charge in [-0.1, -0.05) is 11.6 Å². The molecule has 0 saturated heterocycles. The van der Waals surface area contributed by atoms with E-state index in [-0.39, 0.29) is 16.4 Å². The molecule has 2 aromatic heterocycles. The summed E-state index contributed by atoms with van der Waals surface area (Å²) in [4.78, 5) is 7.76. The van der Waals surface area contributed by atoms with E-state index in [1.807, 2.05) is 0 Å². The van der Waals surface area contributed by atoms with Crippen LogP contribution in [0.15, 0.2) is 42.7 Å². The van der Waals surface area contributed by atoms with Crippen LogP contribution in [0.1, 0.15) is 5.56 Å². The fourth-order valence-electron chi connectivity index (χ4n) is 1.99. The predicted molar refractivity (Wildman–Crippen MR) is 76.0 cm³/mol. The highest BCUT2D eigenvalue weighted by atomic mass is 35.5. The third-order valence-corrected chi connectivity index (χ3v) is 3.35. The van der Waals surface area contributed by atoms with Crippen molar-refractivity contribution >= 4 is 22.4 Å². The van der Waals surface area contributed by atoms with Gasteiger partial charge in [0.05, 0.1) is 10.9 Å². The molecule has 0 radical (unpaired) electrons. The molecule has 23 heavy (non-hydrogen) atoms. The number of rotatable bonds is 2. The summed E-state index contributed by atoms with van der Waals surface area (Å²) in [5.74, 6) is -1.67. The molecular formula is C15H7ClF4N2O. The second kappa shape index (κ2) is 5.66. The predicted octanol–water partition coefficient (Wildman–Crippen LogP) is 5.23. The van der Waals surface area contributed by atoms with Gasteiger partial charge in [0.15, 0.2) is 11.6 Å². The highest BCUT2D eigenvalue weighted by Crippen LogP contribution is 2.36. The molecule has 0 fully saturated rings. The van der Waals surface area contributed by atoms with Crippen molar-refractivity contribution < 1.29 is 22.3 Å². The minimum atomic E-state index is -4.61. The third-order valence-electron chi connectivity index (χ3n) is 3.06. The molecular weight excluding hydrogens is 336 g/mol. The number of hydrogen-bond acceptors (Lipinski definition) is 3. The Hall–Kier alpha value is -2.41. The van der Waals surface area contributed by atoms with Gasteiger partial charge in [0.1, 0.15) is 5.15 Å². The Bertz CT molecular complexity index is 878. The Morgan fingerprint density at radius 3 is 2.39 bits per heavy atom. The minimum Gasteiger partial charge on any atom is -0.435 e. The second-order valence-corrected chi connectivity index (χ2v) is 4.92. The molecule has 0 aliphatic carbocycles. The maximum atomic E-state index is 13.8. The van der Waals surface area contributed by atoms with Gasteiger partial charge in [-0.2, -0.15) is 13.2 Å². The van der Waals surface area contributed by atoms with Crippen molar-refractivity contribution in [2.75, 3.05) is 0 Å². The number of pyridine rings is 2. The van der Waals surface area contributed by atoms with Gasteiger partial charge in [-0.3, -0.25) is 0 Å². The van der Waals surface area contributed by atoms with Gasteiger partial charge < -0.3 is 4.74 Å². The zero-order valence-corrected chi connectivity index (χ0v) is 12.0. The fraction of sp³-hybridized carbons (Fsp3) is 0.0667. The van der Waals surface area contributed by atoms with Crippen LogP contribution in [0, 0.1) is 5.82 Å². The van der Waals surface area contributed by atoms with Gasteiger partial charge in [-0.15, -0.1) is 0 Å². The molecule has 0 N–H and O–H groups in total. The minimum absolute atomic E-state index is 0.0537. The highest BCUT2D eigenvalue weighted by molar-refractivity contribution is 6.34. The molecule has 0 aliphatic rings. The first kappa shape index (κ1) is 15.5. The molecule has 2 heterocycles. The molecule has 0 saturated carbocycles. The van der Waals surface area contributed by atoms with Crippen LogP contribution in [-0.2, 0) is 6.18 Å². The van der Waals surface area contributed by atoms with Crippen LogP contribution in [0.5, 0.6) is 11.6 Å². The SMILES string of the molecule is Fc1ccc(C(F)(F)F)cc1Oc1nccc2ccnc(Cl)c12. The van der Waals surface area contributed by atoms with Gasteiger partial charge in [0, 0.05) is 12.4 Å². The van der Waals surface area contributed by atoms with E-state index in [0.717, 1.165) is 0 Å². The zero-order chi connectivity index (χ0) is 16.6. The van der Waals surface area contributed by atoms with Crippen LogP contribution >= 0.6 is 11.6 Å². The lowest BCUT2D eigenvalue weighted by Crippen LogP contribution is -2.05. The molecule has 0 bridgehead atoms. The number of hydrogen-bond donors (Lipinski definition) is 0. The smallest absolute Gasteiger partial charge is 0.416 e. The summed E-state index contributed by atoms with van der Waals surface area (Å²) >= 11 is 5.97. The van der Waals surface area contributed by atoms with Gasteiger partial charge in [0.25, 0.3) is 0 Å². The summed E-state index contributed by atoms with van der Waals surface area (Å²) in [6, 6.07) is 5.13. The summed E-state index contributed by atoms with van der Waals surface area (Å²) in [5.41, 5.74) is -1.03. The summed E-state index contributed by atoms with van der Waals surface area (Å²) < 4.78 is 57.2. The van der Waals surface area contributed by atoms with Crippen LogP contribution in [0.3, 0.4) is 0 Å². The Morgan fingerprint density at radius 1 is 1.00 bits per heavy atom. The van der Waals surface area contributed by atoms with Crippen molar-refractivity contribution in [3.05, 3.63) is 59.3 Å². The van der Waals surface area contributed by atoms with E-state index in [1.165, 1.54) is 12.4 Å². The average molecular weight is 343 g/mol. The molecule has 118 valence electrons. The first-order valence-corrected chi connectivity index (χ1v) is 6.68. The Labute approximate surface area is 132 Å². The van der Waals surface area contributed by atoms with Crippen molar-refractivity contribution in [3.63, 3.8) is 0 Å². The molecule has 3 rings (SSSR count). The average Bonchev–Trinajstić information content (AvgIpc) is 2.48. The first-order valence-electron chi connectivity index (χ1n) is 6.30. The molecule has 0 unspecified atom stereocenters. The van der Waals surface area contributed by atoms with E-state index in [2.05, 4.69) is 9.97 Å². The highest BCUT2D eigenvalue weighted by Gasteiger charge is 2.31. The number of ether oxygens (including phenoxy) is 1. The molecule has 8 heteroatoms. The van der Waals surface area contributed by atoms with Gasteiger partial charge in [0.2, 0.25) is 5.88 Å². The lowest BCUT2D eigenvalue weighted by Gasteiger charge is -2.12. The van der Waals surface area contributed by atoms with Gasteiger partial charge in [-0.25, -0.2) is 14.4 Å². The first-order chi connectivity index (χ1) is 10.9. The standard InChI is InChI=1S/C15H7ClF4N2O/c16-13-12-8(3-5-21-13)4-6-22-14(12)23-11-7-9(15(18,19)20)1-2-10(11)17/h1-7H. The van der Waals surface area contributed by atoms with E-state index >= 15 is 0 Å². The van der Waals surface area contributed by atoms with Crippen molar-refractivity contribution in [2.24, 2.45) is 0 Å². The van der Waals surface area contributed by atoms with Crippen molar-refractivity contribution in [1.82, 2.24) is 9.97 Å². The van der Waals surface area contributed by atoms with E-state index in [4.69, 9.17) is 16.3 Å². The lowest BCUT2D eigenvalue weighted by molar-refractivity contribution is -0.137. The molecule has 3 aromatic rings. The fourth-order valence-corrected chi connectivity index (χ4v) is 2.24. The third kappa shape index (κ3) is 3.05. The molecule has 1 aromatic carbocycles. The lowest BCUT2D eigenvalue weighted by atomic mass is 10.2. The monoisotopic (exact) mass is 342 g/mol. The number of halogens is 5. The van der Waals surface area contributed by atoms with Crippen molar-refractivity contribution in [2.45, 2.75) is 6.18 Å². The summed E-state index contributed by atoms with van der Waals surface area (Å²) in [6.45, 7) is 0. The molecule has 0 atom stereocenters.